The predicted octanol–water partition coefficient (Wildman–Crippen LogP) is 4.46. The molecule has 0 N–H and O–H groups in total. The van der Waals surface area contributed by atoms with Gasteiger partial charge in [-0.2, -0.15) is 0 Å². The van der Waals surface area contributed by atoms with Crippen LogP contribution in [-0.4, -0.2) is 23.7 Å². The molecule has 3 unspecified atom stereocenters. The number of nitrogens with zero attached hydrogens (tertiary/aromatic N) is 1. The maximum Gasteiger partial charge on any atom is 0.0244 e. The zero-order valence-corrected chi connectivity index (χ0v) is 13.2. The molecule has 1 saturated heterocycles. The molecule has 3 atom stereocenters. The van der Waals surface area contributed by atoms with E-state index in [0.717, 1.165) is 17.7 Å². The minimum atomic E-state index is 0.653. The van der Waals surface area contributed by atoms with Gasteiger partial charge in [0.25, 0.3) is 0 Å². The first-order valence-corrected chi connectivity index (χ1v) is 8.15. The Morgan fingerprint density at radius 3 is 2.67 bits per heavy atom. The van der Waals surface area contributed by atoms with Crippen LogP contribution in [0, 0.1) is 5.92 Å². The fraction of sp³-hybridized carbons (Fsp3) is 0.467. The van der Waals surface area contributed by atoms with E-state index in [-0.39, 0.29) is 0 Å². The quantitative estimate of drug-likeness (QED) is 0.750. The first kappa shape index (κ1) is 12.6. The molecule has 2 aliphatic heterocycles. The van der Waals surface area contributed by atoms with E-state index in [1.54, 1.807) is 4.91 Å². The number of hydrogen-bond donors (Lipinski definition) is 0. The van der Waals surface area contributed by atoms with Crippen LogP contribution in [0.4, 0.5) is 0 Å². The standard InChI is InChI=1S/C15H18BrNS/c1-10-7-13-14(8-17(2)9-15(13)18-10)11-3-5-12(16)6-4-11/h3-6,9-10,13-14H,7-8H2,1-2H3. The van der Waals surface area contributed by atoms with Gasteiger partial charge in [0.1, 0.15) is 0 Å². The van der Waals surface area contributed by atoms with Crippen molar-refractivity contribution in [1.29, 1.82) is 0 Å². The summed E-state index contributed by atoms with van der Waals surface area (Å²) >= 11 is 5.59. The number of benzene rings is 1. The summed E-state index contributed by atoms with van der Waals surface area (Å²) in [6, 6.07) is 8.88. The summed E-state index contributed by atoms with van der Waals surface area (Å²) in [6.45, 7) is 3.49. The maximum atomic E-state index is 3.52. The third-order valence-electron chi connectivity index (χ3n) is 3.90. The van der Waals surface area contributed by atoms with E-state index in [1.165, 1.54) is 16.5 Å². The van der Waals surface area contributed by atoms with Crippen LogP contribution in [-0.2, 0) is 0 Å². The Hall–Kier alpha value is -0.410. The number of allylic oxidation sites excluding steroid dienone is 1. The van der Waals surface area contributed by atoms with Gasteiger partial charge in [0.15, 0.2) is 0 Å². The number of likely N-dealkylation sites (N-methyl/N-ethyl adjacent to an activating group) is 1. The summed E-state index contributed by atoms with van der Waals surface area (Å²) in [5, 5.41) is 0.769. The molecule has 1 fully saturated rings. The van der Waals surface area contributed by atoms with Crippen LogP contribution in [0.3, 0.4) is 0 Å². The molecule has 1 aromatic rings. The van der Waals surface area contributed by atoms with Crippen molar-refractivity contribution in [3.05, 3.63) is 45.4 Å². The van der Waals surface area contributed by atoms with Crippen molar-refractivity contribution < 1.29 is 0 Å². The van der Waals surface area contributed by atoms with Gasteiger partial charge in [0.05, 0.1) is 0 Å². The molecule has 96 valence electrons. The average Bonchev–Trinajstić information content (AvgIpc) is 2.69. The SMILES string of the molecule is CC1CC2C(=CN(C)CC2c2ccc(Br)cc2)S1. The van der Waals surface area contributed by atoms with Crippen LogP contribution < -0.4 is 0 Å². The summed E-state index contributed by atoms with van der Waals surface area (Å²) in [4.78, 5) is 3.94. The molecule has 0 bridgehead atoms. The Balaban J connectivity index is 1.92. The normalized spacial score (nSPS) is 31.2. The van der Waals surface area contributed by atoms with Gasteiger partial charge in [-0.05, 0) is 24.1 Å². The van der Waals surface area contributed by atoms with Crippen molar-refractivity contribution in [3.8, 4) is 0 Å². The Bertz CT molecular complexity index is 468. The van der Waals surface area contributed by atoms with Crippen LogP contribution >= 0.6 is 27.7 Å². The maximum absolute atomic E-state index is 3.52. The smallest absolute Gasteiger partial charge is 0.0244 e. The zero-order chi connectivity index (χ0) is 12.7. The number of rotatable bonds is 1. The van der Waals surface area contributed by atoms with Crippen molar-refractivity contribution in [3.63, 3.8) is 0 Å². The lowest BCUT2D eigenvalue weighted by atomic mass is 9.81. The molecule has 0 aromatic heterocycles. The number of halogens is 1. The molecule has 0 radical (unpaired) electrons. The highest BCUT2D eigenvalue weighted by atomic mass is 79.9. The largest absolute Gasteiger partial charge is 0.379 e. The summed E-state index contributed by atoms with van der Waals surface area (Å²) in [7, 11) is 2.19. The lowest BCUT2D eigenvalue weighted by Crippen LogP contribution is -2.30. The molecule has 2 aliphatic rings. The number of thioether (sulfide) groups is 1. The second kappa shape index (κ2) is 4.93. The van der Waals surface area contributed by atoms with Gasteiger partial charge >= 0.3 is 0 Å². The lowest BCUT2D eigenvalue weighted by molar-refractivity contribution is 0.325. The Kier molecular flexibility index (Phi) is 3.46. The topological polar surface area (TPSA) is 3.24 Å². The van der Waals surface area contributed by atoms with Gasteiger partial charge in [-0.15, -0.1) is 11.8 Å². The van der Waals surface area contributed by atoms with Gasteiger partial charge in [-0.25, -0.2) is 0 Å². The summed E-state index contributed by atoms with van der Waals surface area (Å²) in [5.41, 5.74) is 1.48. The molecule has 3 rings (SSSR count). The monoisotopic (exact) mass is 323 g/mol. The van der Waals surface area contributed by atoms with Crippen molar-refractivity contribution in [2.75, 3.05) is 13.6 Å². The third kappa shape index (κ3) is 2.35. The molecule has 3 heteroatoms. The highest BCUT2D eigenvalue weighted by molar-refractivity contribution is 9.10. The molecule has 0 spiro atoms. The molecule has 0 saturated carbocycles. The highest BCUT2D eigenvalue weighted by Gasteiger charge is 2.37. The minimum Gasteiger partial charge on any atom is -0.379 e. The zero-order valence-electron chi connectivity index (χ0n) is 10.8. The Morgan fingerprint density at radius 2 is 1.94 bits per heavy atom. The molecule has 2 heterocycles. The third-order valence-corrected chi connectivity index (χ3v) is 5.71. The van der Waals surface area contributed by atoms with Crippen molar-refractivity contribution in [2.24, 2.45) is 5.92 Å². The molecular weight excluding hydrogens is 306 g/mol. The van der Waals surface area contributed by atoms with E-state index in [2.05, 4.69) is 77.0 Å². The minimum absolute atomic E-state index is 0.653. The fourth-order valence-corrected chi connectivity index (χ4v) is 4.79. The predicted molar refractivity (Wildman–Crippen MR) is 82.8 cm³/mol. The second-order valence-electron chi connectivity index (χ2n) is 5.40. The van der Waals surface area contributed by atoms with Gasteiger partial charge < -0.3 is 4.90 Å². The van der Waals surface area contributed by atoms with Crippen molar-refractivity contribution >= 4 is 27.7 Å². The molecule has 1 aromatic carbocycles. The summed E-state index contributed by atoms with van der Waals surface area (Å²) in [6.07, 6.45) is 3.68. The van der Waals surface area contributed by atoms with Crippen LogP contribution in [0.15, 0.2) is 39.8 Å². The van der Waals surface area contributed by atoms with Gasteiger partial charge in [0, 0.05) is 46.3 Å². The van der Waals surface area contributed by atoms with Gasteiger partial charge in [-0.3, -0.25) is 0 Å². The fourth-order valence-electron chi connectivity index (χ4n) is 3.09. The van der Waals surface area contributed by atoms with E-state index in [9.17, 15) is 0 Å². The first-order valence-electron chi connectivity index (χ1n) is 6.47. The molecule has 0 aliphatic carbocycles. The van der Waals surface area contributed by atoms with E-state index >= 15 is 0 Å². The molecular formula is C15H18BrNS. The van der Waals surface area contributed by atoms with Crippen molar-refractivity contribution in [1.82, 2.24) is 4.90 Å². The van der Waals surface area contributed by atoms with Crippen LogP contribution in [0.1, 0.15) is 24.8 Å². The van der Waals surface area contributed by atoms with Crippen LogP contribution in [0.5, 0.6) is 0 Å². The van der Waals surface area contributed by atoms with E-state index in [4.69, 9.17) is 0 Å². The molecule has 0 amide bonds. The Morgan fingerprint density at radius 1 is 1.22 bits per heavy atom. The highest BCUT2D eigenvalue weighted by Crippen LogP contribution is 2.50. The second-order valence-corrected chi connectivity index (χ2v) is 7.83. The number of fused-ring (bicyclic) bond motifs is 1. The first-order chi connectivity index (χ1) is 8.63. The lowest BCUT2D eigenvalue weighted by Gasteiger charge is -2.34. The van der Waals surface area contributed by atoms with Gasteiger partial charge in [0.2, 0.25) is 0 Å². The van der Waals surface area contributed by atoms with Crippen molar-refractivity contribution in [2.45, 2.75) is 24.5 Å². The van der Waals surface area contributed by atoms with E-state index < -0.39 is 0 Å². The van der Waals surface area contributed by atoms with E-state index in [0.29, 0.717) is 5.92 Å². The average molecular weight is 324 g/mol. The summed E-state index contributed by atoms with van der Waals surface area (Å²) < 4.78 is 1.17. The Labute approximate surface area is 122 Å². The van der Waals surface area contributed by atoms with Crippen LogP contribution in [0.25, 0.3) is 0 Å². The van der Waals surface area contributed by atoms with Crippen LogP contribution in [0.2, 0.25) is 0 Å². The summed E-state index contributed by atoms with van der Waals surface area (Å²) in [5.74, 6) is 1.39. The number of hydrogen-bond acceptors (Lipinski definition) is 2. The van der Waals surface area contributed by atoms with E-state index in [1.807, 2.05) is 0 Å². The molecule has 18 heavy (non-hydrogen) atoms. The molecule has 1 nitrogen and oxygen atoms in total. The van der Waals surface area contributed by atoms with Gasteiger partial charge in [-0.1, -0.05) is 35.0 Å².